The average molecular weight is 431 g/mol. The number of sulfonamides is 1. The number of hydrogen-bond acceptors (Lipinski definition) is 4. The SMILES string of the molecule is COc1ccc(S(=O)(=O)N(C)CC(=O)NC(C)c2ccc(Cl)cc2)cc1Cl. The molecule has 1 atom stereocenters. The Bertz CT molecular complexity index is 917. The van der Waals surface area contributed by atoms with E-state index in [9.17, 15) is 13.2 Å². The standard InChI is InChI=1S/C18H20Cl2N2O4S/c1-12(13-4-6-14(19)7-5-13)21-18(23)11-22(2)27(24,25)15-8-9-17(26-3)16(20)10-15/h4-10,12H,11H2,1-3H3,(H,21,23). The van der Waals surface area contributed by atoms with Gasteiger partial charge in [0.25, 0.3) is 0 Å². The first-order chi connectivity index (χ1) is 12.6. The molecule has 27 heavy (non-hydrogen) atoms. The van der Waals surface area contributed by atoms with Gasteiger partial charge in [0.1, 0.15) is 5.75 Å². The van der Waals surface area contributed by atoms with Crippen molar-refractivity contribution in [3.05, 3.63) is 58.1 Å². The van der Waals surface area contributed by atoms with Gasteiger partial charge in [-0.3, -0.25) is 4.79 Å². The minimum absolute atomic E-state index is 0.0191. The number of likely N-dealkylation sites (N-methyl/N-ethyl adjacent to an activating group) is 1. The molecule has 0 aliphatic heterocycles. The van der Waals surface area contributed by atoms with Crippen LogP contribution in [0.25, 0.3) is 0 Å². The Balaban J connectivity index is 2.06. The molecule has 1 N–H and O–H groups in total. The zero-order chi connectivity index (χ0) is 20.2. The molecular weight excluding hydrogens is 411 g/mol. The minimum Gasteiger partial charge on any atom is -0.495 e. The maximum Gasteiger partial charge on any atom is 0.243 e. The summed E-state index contributed by atoms with van der Waals surface area (Å²) < 4.78 is 31.3. The minimum atomic E-state index is -3.87. The van der Waals surface area contributed by atoms with Gasteiger partial charge in [0.05, 0.1) is 29.6 Å². The van der Waals surface area contributed by atoms with Crippen LogP contribution in [0.2, 0.25) is 10.0 Å². The van der Waals surface area contributed by atoms with Gasteiger partial charge in [-0.25, -0.2) is 8.42 Å². The number of methoxy groups -OCH3 is 1. The van der Waals surface area contributed by atoms with E-state index in [1.165, 1.54) is 32.4 Å². The van der Waals surface area contributed by atoms with Crippen LogP contribution < -0.4 is 10.1 Å². The summed E-state index contributed by atoms with van der Waals surface area (Å²) in [5.41, 5.74) is 0.861. The van der Waals surface area contributed by atoms with Gasteiger partial charge in [-0.05, 0) is 42.8 Å². The molecule has 0 bridgehead atoms. The Hall–Kier alpha value is -1.80. The van der Waals surface area contributed by atoms with E-state index in [1.54, 1.807) is 31.2 Å². The van der Waals surface area contributed by atoms with Gasteiger partial charge in [-0.1, -0.05) is 35.3 Å². The number of carbonyl (C=O) groups excluding carboxylic acids is 1. The van der Waals surface area contributed by atoms with E-state index in [4.69, 9.17) is 27.9 Å². The van der Waals surface area contributed by atoms with Crippen molar-refractivity contribution in [2.24, 2.45) is 0 Å². The summed E-state index contributed by atoms with van der Waals surface area (Å²) in [6, 6.07) is 10.9. The number of halogens is 2. The van der Waals surface area contributed by atoms with Crippen LogP contribution in [-0.2, 0) is 14.8 Å². The zero-order valence-electron chi connectivity index (χ0n) is 15.1. The molecule has 146 valence electrons. The van der Waals surface area contributed by atoms with Crippen LogP contribution >= 0.6 is 23.2 Å². The zero-order valence-corrected chi connectivity index (χ0v) is 17.4. The van der Waals surface area contributed by atoms with Crippen LogP contribution in [0.1, 0.15) is 18.5 Å². The first-order valence-corrected chi connectivity index (χ1v) is 10.2. The van der Waals surface area contributed by atoms with Crippen LogP contribution in [0.4, 0.5) is 0 Å². The average Bonchev–Trinajstić information content (AvgIpc) is 2.61. The van der Waals surface area contributed by atoms with E-state index in [1.807, 2.05) is 0 Å². The molecule has 0 heterocycles. The molecule has 0 spiro atoms. The van der Waals surface area contributed by atoms with Crippen molar-refractivity contribution in [2.75, 3.05) is 20.7 Å². The summed E-state index contributed by atoms with van der Waals surface area (Å²) in [7, 11) is -1.10. The highest BCUT2D eigenvalue weighted by Crippen LogP contribution is 2.28. The molecule has 0 aliphatic carbocycles. The number of rotatable bonds is 7. The van der Waals surface area contributed by atoms with E-state index in [2.05, 4.69) is 5.32 Å². The third-order valence-electron chi connectivity index (χ3n) is 3.95. The van der Waals surface area contributed by atoms with E-state index in [0.29, 0.717) is 10.8 Å². The lowest BCUT2D eigenvalue weighted by Crippen LogP contribution is -2.39. The molecule has 1 amide bonds. The molecule has 2 rings (SSSR count). The summed E-state index contributed by atoms with van der Waals surface area (Å²) >= 11 is 11.8. The van der Waals surface area contributed by atoms with Gasteiger partial charge in [0, 0.05) is 12.1 Å². The van der Waals surface area contributed by atoms with E-state index in [-0.39, 0.29) is 22.5 Å². The number of amides is 1. The smallest absolute Gasteiger partial charge is 0.243 e. The van der Waals surface area contributed by atoms with E-state index < -0.39 is 15.9 Å². The van der Waals surface area contributed by atoms with Gasteiger partial charge in [0.2, 0.25) is 15.9 Å². The summed E-state index contributed by atoms with van der Waals surface area (Å²) in [5.74, 6) is -0.0593. The number of carbonyl (C=O) groups is 1. The van der Waals surface area contributed by atoms with E-state index >= 15 is 0 Å². The second kappa shape index (κ2) is 8.93. The second-order valence-corrected chi connectivity index (χ2v) is 8.79. The molecule has 0 fully saturated rings. The van der Waals surface area contributed by atoms with Gasteiger partial charge >= 0.3 is 0 Å². The predicted octanol–water partition coefficient (Wildman–Crippen LogP) is 3.50. The largest absolute Gasteiger partial charge is 0.495 e. The fourth-order valence-electron chi connectivity index (χ4n) is 2.40. The second-order valence-electron chi connectivity index (χ2n) is 5.90. The summed E-state index contributed by atoms with van der Waals surface area (Å²) in [4.78, 5) is 12.2. The van der Waals surface area contributed by atoms with E-state index in [0.717, 1.165) is 9.87 Å². The Morgan fingerprint density at radius 1 is 1.19 bits per heavy atom. The normalized spacial score (nSPS) is 12.7. The fourth-order valence-corrected chi connectivity index (χ4v) is 4.00. The lowest BCUT2D eigenvalue weighted by Gasteiger charge is -2.20. The number of nitrogens with zero attached hydrogens (tertiary/aromatic N) is 1. The van der Waals surface area contributed by atoms with Crippen molar-refractivity contribution < 1.29 is 17.9 Å². The Labute approximate surface area is 169 Å². The van der Waals surface area contributed by atoms with Crippen molar-refractivity contribution in [3.63, 3.8) is 0 Å². The lowest BCUT2D eigenvalue weighted by atomic mass is 10.1. The Morgan fingerprint density at radius 2 is 1.81 bits per heavy atom. The molecule has 2 aromatic carbocycles. The van der Waals surface area contributed by atoms with Crippen LogP contribution in [0.3, 0.4) is 0 Å². The van der Waals surface area contributed by atoms with Crippen LogP contribution in [0.5, 0.6) is 5.75 Å². The van der Waals surface area contributed by atoms with Crippen molar-refractivity contribution >= 4 is 39.1 Å². The molecule has 0 aliphatic rings. The van der Waals surface area contributed by atoms with Crippen molar-refractivity contribution in [3.8, 4) is 5.75 Å². The van der Waals surface area contributed by atoms with Crippen molar-refractivity contribution in [1.82, 2.24) is 9.62 Å². The van der Waals surface area contributed by atoms with Gasteiger partial charge in [-0.2, -0.15) is 4.31 Å². The molecule has 0 saturated heterocycles. The van der Waals surface area contributed by atoms with Crippen LogP contribution in [-0.4, -0.2) is 39.3 Å². The van der Waals surface area contributed by atoms with Gasteiger partial charge in [0.15, 0.2) is 0 Å². The molecule has 0 radical (unpaired) electrons. The molecule has 0 aromatic heterocycles. The maximum atomic E-state index is 12.6. The van der Waals surface area contributed by atoms with Crippen LogP contribution in [0, 0.1) is 0 Å². The highest BCUT2D eigenvalue weighted by molar-refractivity contribution is 7.89. The number of benzene rings is 2. The lowest BCUT2D eigenvalue weighted by molar-refractivity contribution is -0.121. The van der Waals surface area contributed by atoms with Crippen molar-refractivity contribution in [2.45, 2.75) is 17.9 Å². The summed E-state index contributed by atoms with van der Waals surface area (Å²) in [6.07, 6.45) is 0. The highest BCUT2D eigenvalue weighted by Gasteiger charge is 2.24. The van der Waals surface area contributed by atoms with Crippen LogP contribution in [0.15, 0.2) is 47.4 Å². The predicted molar refractivity (Wildman–Crippen MR) is 106 cm³/mol. The number of ether oxygens (including phenoxy) is 1. The summed E-state index contributed by atoms with van der Waals surface area (Å²) in [5, 5.41) is 3.54. The Morgan fingerprint density at radius 3 is 2.37 bits per heavy atom. The first kappa shape index (κ1) is 21.5. The third kappa shape index (κ3) is 5.35. The molecule has 6 nitrogen and oxygen atoms in total. The van der Waals surface area contributed by atoms with Crippen molar-refractivity contribution in [1.29, 1.82) is 0 Å². The highest BCUT2D eigenvalue weighted by atomic mass is 35.5. The van der Waals surface area contributed by atoms with Gasteiger partial charge in [-0.15, -0.1) is 0 Å². The maximum absolute atomic E-state index is 12.6. The topological polar surface area (TPSA) is 75.7 Å². The quantitative estimate of drug-likeness (QED) is 0.728. The van der Waals surface area contributed by atoms with Gasteiger partial charge < -0.3 is 10.1 Å². The monoisotopic (exact) mass is 430 g/mol. The molecule has 2 aromatic rings. The first-order valence-electron chi connectivity index (χ1n) is 8.00. The summed E-state index contributed by atoms with van der Waals surface area (Å²) in [6.45, 7) is 1.47. The molecule has 1 unspecified atom stereocenters. The fraction of sp³-hybridized carbons (Fsp3) is 0.278. The molecular formula is C18H20Cl2N2O4S. The Kier molecular flexibility index (Phi) is 7.11. The number of hydrogen-bond donors (Lipinski definition) is 1. The molecule has 9 heteroatoms. The number of nitrogens with one attached hydrogen (secondary N) is 1. The molecule has 0 saturated carbocycles. The third-order valence-corrected chi connectivity index (χ3v) is 6.29.